The molecule has 100 valence electrons. The lowest BCUT2D eigenvalue weighted by atomic mass is 10.0. The van der Waals surface area contributed by atoms with E-state index in [1.54, 1.807) is 11.1 Å². The van der Waals surface area contributed by atoms with Crippen LogP contribution in [0.25, 0.3) is 0 Å². The molecule has 1 amide bonds. The van der Waals surface area contributed by atoms with Gasteiger partial charge >= 0.3 is 0 Å². The standard InChI is InChI=1S/C15H29NO/c1-6-9-14(5)10-8-11-16(7-2)15(17)12-13(3)4/h7,13-14H,2,6,8-12H2,1,3-5H3. The van der Waals surface area contributed by atoms with Gasteiger partial charge in [0.2, 0.25) is 5.91 Å². The van der Waals surface area contributed by atoms with E-state index in [4.69, 9.17) is 0 Å². The highest BCUT2D eigenvalue weighted by Gasteiger charge is 2.12. The zero-order valence-corrected chi connectivity index (χ0v) is 12.0. The maximum Gasteiger partial charge on any atom is 0.226 e. The number of hydrogen-bond acceptors (Lipinski definition) is 1. The maximum absolute atomic E-state index is 11.8. The monoisotopic (exact) mass is 239 g/mol. The van der Waals surface area contributed by atoms with Gasteiger partial charge in [0.05, 0.1) is 0 Å². The Kier molecular flexibility index (Phi) is 8.83. The molecule has 0 aliphatic rings. The van der Waals surface area contributed by atoms with Crippen LogP contribution in [0.1, 0.15) is 59.8 Å². The van der Waals surface area contributed by atoms with Crippen LogP contribution in [0.2, 0.25) is 0 Å². The number of nitrogens with zero attached hydrogens (tertiary/aromatic N) is 1. The Morgan fingerprint density at radius 3 is 2.41 bits per heavy atom. The first-order chi connectivity index (χ1) is 8.01. The molecule has 0 bridgehead atoms. The quantitative estimate of drug-likeness (QED) is 0.590. The van der Waals surface area contributed by atoms with Crippen molar-refractivity contribution in [2.75, 3.05) is 6.54 Å². The van der Waals surface area contributed by atoms with E-state index in [0.717, 1.165) is 18.9 Å². The topological polar surface area (TPSA) is 20.3 Å². The van der Waals surface area contributed by atoms with Crippen LogP contribution >= 0.6 is 0 Å². The minimum atomic E-state index is 0.207. The molecule has 0 aromatic heterocycles. The predicted molar refractivity (Wildman–Crippen MR) is 74.7 cm³/mol. The Balaban J connectivity index is 3.89. The molecule has 1 atom stereocenters. The molecule has 0 aromatic rings. The smallest absolute Gasteiger partial charge is 0.226 e. The Labute approximate surface area is 107 Å². The molecule has 17 heavy (non-hydrogen) atoms. The van der Waals surface area contributed by atoms with Crippen LogP contribution in [0, 0.1) is 11.8 Å². The van der Waals surface area contributed by atoms with Crippen LogP contribution in [0.5, 0.6) is 0 Å². The van der Waals surface area contributed by atoms with Gasteiger partial charge < -0.3 is 4.90 Å². The fraction of sp³-hybridized carbons (Fsp3) is 0.800. The zero-order chi connectivity index (χ0) is 13.3. The molecule has 2 heteroatoms. The highest BCUT2D eigenvalue weighted by Crippen LogP contribution is 2.13. The molecule has 0 heterocycles. The molecule has 0 N–H and O–H groups in total. The summed E-state index contributed by atoms with van der Waals surface area (Å²) >= 11 is 0. The van der Waals surface area contributed by atoms with E-state index in [1.165, 1.54) is 19.3 Å². The van der Waals surface area contributed by atoms with Gasteiger partial charge in [0.15, 0.2) is 0 Å². The van der Waals surface area contributed by atoms with Gasteiger partial charge in [-0.1, -0.05) is 47.1 Å². The van der Waals surface area contributed by atoms with Gasteiger partial charge in [0.1, 0.15) is 0 Å². The summed E-state index contributed by atoms with van der Waals surface area (Å²) in [5, 5.41) is 0. The van der Waals surface area contributed by atoms with Gasteiger partial charge in [-0.05, 0) is 30.9 Å². The first-order valence-corrected chi connectivity index (χ1v) is 6.93. The van der Waals surface area contributed by atoms with E-state index in [-0.39, 0.29) is 5.91 Å². The Morgan fingerprint density at radius 2 is 1.94 bits per heavy atom. The molecular formula is C15H29NO. The van der Waals surface area contributed by atoms with Gasteiger partial charge in [0, 0.05) is 13.0 Å². The highest BCUT2D eigenvalue weighted by molar-refractivity contribution is 5.77. The van der Waals surface area contributed by atoms with Crippen molar-refractivity contribution < 1.29 is 4.79 Å². The lowest BCUT2D eigenvalue weighted by Gasteiger charge is -2.20. The van der Waals surface area contributed by atoms with Gasteiger partial charge in [0.25, 0.3) is 0 Å². The third-order valence-corrected chi connectivity index (χ3v) is 3.00. The average Bonchev–Trinajstić information content (AvgIpc) is 2.23. The summed E-state index contributed by atoms with van der Waals surface area (Å²) in [5.74, 6) is 1.40. The Bertz CT molecular complexity index is 223. The summed E-state index contributed by atoms with van der Waals surface area (Å²) in [6, 6.07) is 0. The molecule has 0 aliphatic carbocycles. The molecule has 0 aliphatic heterocycles. The largest absolute Gasteiger partial charge is 0.320 e. The summed E-state index contributed by atoms with van der Waals surface area (Å²) < 4.78 is 0. The van der Waals surface area contributed by atoms with Crippen molar-refractivity contribution in [3.63, 3.8) is 0 Å². The highest BCUT2D eigenvalue weighted by atomic mass is 16.2. The number of rotatable bonds is 9. The van der Waals surface area contributed by atoms with Crippen molar-refractivity contribution >= 4 is 5.91 Å². The van der Waals surface area contributed by atoms with Crippen LogP contribution < -0.4 is 0 Å². The summed E-state index contributed by atoms with van der Waals surface area (Å²) in [7, 11) is 0. The van der Waals surface area contributed by atoms with Crippen LogP contribution in [0.4, 0.5) is 0 Å². The molecule has 0 aromatic carbocycles. The van der Waals surface area contributed by atoms with Crippen molar-refractivity contribution in [3.05, 3.63) is 12.8 Å². The van der Waals surface area contributed by atoms with E-state index in [2.05, 4.69) is 34.3 Å². The van der Waals surface area contributed by atoms with Gasteiger partial charge in [-0.25, -0.2) is 0 Å². The van der Waals surface area contributed by atoms with E-state index in [1.807, 2.05) is 0 Å². The van der Waals surface area contributed by atoms with Gasteiger partial charge in [-0.2, -0.15) is 0 Å². The summed E-state index contributed by atoms with van der Waals surface area (Å²) in [5.41, 5.74) is 0. The second-order valence-electron chi connectivity index (χ2n) is 5.40. The van der Waals surface area contributed by atoms with Crippen molar-refractivity contribution in [1.29, 1.82) is 0 Å². The Morgan fingerprint density at radius 1 is 1.29 bits per heavy atom. The van der Waals surface area contributed by atoms with Gasteiger partial charge in [-0.15, -0.1) is 0 Å². The zero-order valence-electron chi connectivity index (χ0n) is 12.0. The normalized spacial score (nSPS) is 12.5. The first-order valence-electron chi connectivity index (χ1n) is 6.93. The molecule has 2 nitrogen and oxygen atoms in total. The summed E-state index contributed by atoms with van der Waals surface area (Å²) in [4.78, 5) is 13.6. The van der Waals surface area contributed by atoms with Crippen molar-refractivity contribution in [2.24, 2.45) is 11.8 Å². The molecule has 1 unspecified atom stereocenters. The number of amides is 1. The van der Waals surface area contributed by atoms with Crippen LogP contribution in [0.15, 0.2) is 12.8 Å². The average molecular weight is 239 g/mol. The molecule has 0 radical (unpaired) electrons. The van der Waals surface area contributed by atoms with E-state index in [9.17, 15) is 4.79 Å². The fourth-order valence-corrected chi connectivity index (χ4v) is 2.03. The Hall–Kier alpha value is -0.790. The van der Waals surface area contributed by atoms with Crippen molar-refractivity contribution in [1.82, 2.24) is 4.90 Å². The molecule has 0 fully saturated rings. The maximum atomic E-state index is 11.8. The second-order valence-corrected chi connectivity index (χ2v) is 5.40. The number of carbonyl (C=O) groups is 1. The minimum absolute atomic E-state index is 0.207. The lowest BCUT2D eigenvalue weighted by molar-refractivity contribution is -0.129. The van der Waals surface area contributed by atoms with Crippen LogP contribution in [0.3, 0.4) is 0 Å². The van der Waals surface area contributed by atoms with E-state index >= 15 is 0 Å². The number of hydrogen-bond donors (Lipinski definition) is 0. The lowest BCUT2D eigenvalue weighted by Crippen LogP contribution is -2.27. The third kappa shape index (κ3) is 8.00. The van der Waals surface area contributed by atoms with E-state index in [0.29, 0.717) is 12.3 Å². The van der Waals surface area contributed by atoms with Gasteiger partial charge in [-0.3, -0.25) is 4.79 Å². The summed E-state index contributed by atoms with van der Waals surface area (Å²) in [6.45, 7) is 13.2. The second kappa shape index (κ2) is 9.26. The first kappa shape index (κ1) is 16.2. The molecular weight excluding hydrogens is 210 g/mol. The van der Waals surface area contributed by atoms with E-state index < -0.39 is 0 Å². The van der Waals surface area contributed by atoms with Crippen LogP contribution in [-0.2, 0) is 4.79 Å². The molecule has 0 saturated heterocycles. The number of carbonyl (C=O) groups excluding carboxylic acids is 1. The fourth-order valence-electron chi connectivity index (χ4n) is 2.03. The van der Waals surface area contributed by atoms with Crippen LogP contribution in [-0.4, -0.2) is 17.4 Å². The molecule has 0 spiro atoms. The van der Waals surface area contributed by atoms with Crippen molar-refractivity contribution in [2.45, 2.75) is 59.8 Å². The SMILES string of the molecule is C=CN(CCCC(C)CCC)C(=O)CC(C)C. The summed E-state index contributed by atoms with van der Waals surface area (Å²) in [6.07, 6.45) is 7.11. The molecule has 0 rings (SSSR count). The minimum Gasteiger partial charge on any atom is -0.320 e. The predicted octanol–water partition coefficient (Wildman–Crippen LogP) is 4.22. The van der Waals surface area contributed by atoms with Crippen molar-refractivity contribution in [3.8, 4) is 0 Å². The third-order valence-electron chi connectivity index (χ3n) is 3.00. The molecule has 0 saturated carbocycles.